The molecule has 1 aromatic heterocycles. The third kappa shape index (κ3) is 2.82. The Hall–Kier alpha value is -1.98. The SMILES string of the molecule is Cn1nccc1NCc1ccc(C(F)(F)F)cc1. The van der Waals surface area contributed by atoms with Crippen LogP contribution in [0.25, 0.3) is 0 Å². The van der Waals surface area contributed by atoms with Crippen LogP contribution in [0.1, 0.15) is 11.1 Å². The highest BCUT2D eigenvalue weighted by molar-refractivity contribution is 5.35. The normalized spacial score (nSPS) is 11.6. The maximum atomic E-state index is 12.4. The van der Waals surface area contributed by atoms with Crippen molar-refractivity contribution in [3.05, 3.63) is 47.7 Å². The van der Waals surface area contributed by atoms with Crippen molar-refractivity contribution in [3.63, 3.8) is 0 Å². The van der Waals surface area contributed by atoms with E-state index in [1.807, 2.05) is 0 Å². The third-order valence-electron chi connectivity index (χ3n) is 2.58. The molecule has 0 fully saturated rings. The van der Waals surface area contributed by atoms with Gasteiger partial charge in [-0.3, -0.25) is 4.68 Å². The summed E-state index contributed by atoms with van der Waals surface area (Å²) in [5, 5.41) is 7.07. The van der Waals surface area contributed by atoms with E-state index >= 15 is 0 Å². The summed E-state index contributed by atoms with van der Waals surface area (Å²) in [5.74, 6) is 0.815. The van der Waals surface area contributed by atoms with E-state index in [0.717, 1.165) is 23.5 Å². The zero-order valence-electron chi connectivity index (χ0n) is 9.70. The van der Waals surface area contributed by atoms with Crippen LogP contribution in [0, 0.1) is 0 Å². The lowest BCUT2D eigenvalue weighted by Gasteiger charge is -2.09. The lowest BCUT2D eigenvalue weighted by Crippen LogP contribution is -2.07. The Morgan fingerprint density at radius 2 is 1.83 bits per heavy atom. The van der Waals surface area contributed by atoms with Crippen LogP contribution < -0.4 is 5.32 Å². The number of halogens is 3. The van der Waals surface area contributed by atoms with Crippen LogP contribution in [0.15, 0.2) is 36.5 Å². The summed E-state index contributed by atoms with van der Waals surface area (Å²) in [6, 6.07) is 6.89. The topological polar surface area (TPSA) is 29.9 Å². The molecule has 0 radical (unpaired) electrons. The smallest absolute Gasteiger partial charge is 0.366 e. The van der Waals surface area contributed by atoms with Crippen LogP contribution in [0.3, 0.4) is 0 Å². The van der Waals surface area contributed by atoms with Crippen molar-refractivity contribution in [2.75, 3.05) is 5.32 Å². The van der Waals surface area contributed by atoms with Gasteiger partial charge >= 0.3 is 6.18 Å². The average Bonchev–Trinajstić information content (AvgIpc) is 2.72. The molecule has 18 heavy (non-hydrogen) atoms. The molecule has 0 amide bonds. The van der Waals surface area contributed by atoms with Crippen LogP contribution in [-0.2, 0) is 19.8 Å². The van der Waals surface area contributed by atoms with Crippen LogP contribution >= 0.6 is 0 Å². The highest BCUT2D eigenvalue weighted by Crippen LogP contribution is 2.29. The lowest BCUT2D eigenvalue weighted by atomic mass is 10.1. The summed E-state index contributed by atoms with van der Waals surface area (Å²) < 4.78 is 38.7. The first-order valence-corrected chi connectivity index (χ1v) is 5.35. The van der Waals surface area contributed by atoms with Gasteiger partial charge in [0.2, 0.25) is 0 Å². The lowest BCUT2D eigenvalue weighted by molar-refractivity contribution is -0.137. The van der Waals surface area contributed by atoms with Crippen molar-refractivity contribution in [3.8, 4) is 0 Å². The minimum atomic E-state index is -4.28. The number of anilines is 1. The van der Waals surface area contributed by atoms with Gasteiger partial charge in [0.15, 0.2) is 0 Å². The Bertz CT molecular complexity index is 514. The average molecular weight is 255 g/mol. The molecular weight excluding hydrogens is 243 g/mol. The number of nitrogens with zero attached hydrogens (tertiary/aromatic N) is 2. The standard InChI is InChI=1S/C12H12F3N3/c1-18-11(6-7-17-18)16-8-9-2-4-10(5-3-9)12(13,14)15/h2-7,16H,8H2,1H3. The molecule has 0 aliphatic rings. The molecule has 0 saturated heterocycles. The first-order valence-electron chi connectivity index (χ1n) is 5.35. The van der Waals surface area contributed by atoms with Gasteiger partial charge in [-0.05, 0) is 17.7 Å². The van der Waals surface area contributed by atoms with Gasteiger partial charge in [-0.25, -0.2) is 0 Å². The molecule has 2 aromatic rings. The van der Waals surface area contributed by atoms with Gasteiger partial charge in [-0.1, -0.05) is 12.1 Å². The van der Waals surface area contributed by atoms with Gasteiger partial charge in [-0.2, -0.15) is 18.3 Å². The first-order chi connectivity index (χ1) is 8.47. The predicted molar refractivity (Wildman–Crippen MR) is 62.0 cm³/mol. The van der Waals surface area contributed by atoms with Gasteiger partial charge in [0, 0.05) is 19.7 Å². The Balaban J connectivity index is 2.01. The molecule has 3 nitrogen and oxygen atoms in total. The fraction of sp³-hybridized carbons (Fsp3) is 0.250. The second-order valence-electron chi connectivity index (χ2n) is 3.89. The molecule has 0 atom stereocenters. The largest absolute Gasteiger partial charge is 0.416 e. The molecule has 1 N–H and O–H groups in total. The summed E-state index contributed by atoms with van der Waals surface area (Å²) in [6.45, 7) is 0.456. The van der Waals surface area contributed by atoms with Crippen molar-refractivity contribution in [1.29, 1.82) is 0 Å². The Morgan fingerprint density at radius 3 is 2.33 bits per heavy atom. The zero-order valence-corrected chi connectivity index (χ0v) is 9.70. The van der Waals surface area contributed by atoms with Gasteiger partial charge in [0.25, 0.3) is 0 Å². The quantitative estimate of drug-likeness (QED) is 0.913. The van der Waals surface area contributed by atoms with E-state index in [1.165, 1.54) is 12.1 Å². The van der Waals surface area contributed by atoms with Gasteiger partial charge < -0.3 is 5.32 Å². The van der Waals surface area contributed by atoms with Crippen LogP contribution in [0.2, 0.25) is 0 Å². The molecule has 6 heteroatoms. The summed E-state index contributed by atoms with van der Waals surface area (Å²) in [7, 11) is 1.79. The van der Waals surface area contributed by atoms with E-state index in [9.17, 15) is 13.2 Å². The van der Waals surface area contributed by atoms with E-state index in [2.05, 4.69) is 10.4 Å². The molecule has 2 rings (SSSR count). The maximum Gasteiger partial charge on any atom is 0.416 e. The zero-order chi connectivity index (χ0) is 13.2. The summed E-state index contributed by atoms with van der Waals surface area (Å²) in [6.07, 6.45) is -2.64. The summed E-state index contributed by atoms with van der Waals surface area (Å²) >= 11 is 0. The number of aromatic nitrogens is 2. The summed E-state index contributed by atoms with van der Waals surface area (Å²) in [4.78, 5) is 0. The third-order valence-corrected chi connectivity index (χ3v) is 2.58. The number of aryl methyl sites for hydroxylation is 1. The van der Waals surface area contributed by atoms with Crippen molar-refractivity contribution in [2.24, 2.45) is 7.05 Å². The molecule has 1 heterocycles. The molecule has 0 spiro atoms. The van der Waals surface area contributed by atoms with Crippen molar-refractivity contribution in [1.82, 2.24) is 9.78 Å². The second kappa shape index (κ2) is 4.72. The fourth-order valence-corrected chi connectivity index (χ4v) is 1.55. The molecule has 0 saturated carbocycles. The van der Waals surface area contributed by atoms with E-state index in [4.69, 9.17) is 0 Å². The van der Waals surface area contributed by atoms with E-state index in [0.29, 0.717) is 6.54 Å². The molecule has 0 aliphatic carbocycles. The van der Waals surface area contributed by atoms with Gasteiger partial charge in [0.05, 0.1) is 11.8 Å². The van der Waals surface area contributed by atoms with Gasteiger partial charge in [-0.15, -0.1) is 0 Å². The second-order valence-corrected chi connectivity index (χ2v) is 3.89. The van der Waals surface area contributed by atoms with Crippen LogP contribution in [-0.4, -0.2) is 9.78 Å². The number of hydrogen-bond donors (Lipinski definition) is 1. The monoisotopic (exact) mass is 255 g/mol. The minimum Gasteiger partial charge on any atom is -0.366 e. The molecule has 96 valence electrons. The molecule has 0 aliphatic heterocycles. The highest BCUT2D eigenvalue weighted by atomic mass is 19.4. The Labute approximate surface area is 102 Å². The fourth-order valence-electron chi connectivity index (χ4n) is 1.55. The van der Waals surface area contributed by atoms with E-state index in [1.54, 1.807) is 24.0 Å². The number of hydrogen-bond acceptors (Lipinski definition) is 2. The van der Waals surface area contributed by atoms with Crippen LogP contribution in [0.4, 0.5) is 19.0 Å². The van der Waals surface area contributed by atoms with Crippen molar-refractivity contribution < 1.29 is 13.2 Å². The van der Waals surface area contributed by atoms with E-state index in [-0.39, 0.29) is 0 Å². The molecule has 1 aromatic carbocycles. The molecular formula is C12H12F3N3. The van der Waals surface area contributed by atoms with Gasteiger partial charge in [0.1, 0.15) is 5.82 Å². The van der Waals surface area contributed by atoms with Crippen molar-refractivity contribution in [2.45, 2.75) is 12.7 Å². The van der Waals surface area contributed by atoms with Crippen molar-refractivity contribution >= 4 is 5.82 Å². The molecule has 0 unspecified atom stereocenters. The predicted octanol–water partition coefficient (Wildman–Crippen LogP) is 3.05. The number of alkyl halides is 3. The van der Waals surface area contributed by atoms with E-state index < -0.39 is 11.7 Å². The number of benzene rings is 1. The van der Waals surface area contributed by atoms with Crippen LogP contribution in [0.5, 0.6) is 0 Å². The number of nitrogens with one attached hydrogen (secondary N) is 1. The Kier molecular flexibility index (Phi) is 3.27. The minimum absolute atomic E-state index is 0.456. The maximum absolute atomic E-state index is 12.4. The Morgan fingerprint density at radius 1 is 1.17 bits per heavy atom. The number of rotatable bonds is 3. The molecule has 0 bridgehead atoms. The highest BCUT2D eigenvalue weighted by Gasteiger charge is 2.29. The first kappa shape index (κ1) is 12.5. The summed E-state index contributed by atoms with van der Waals surface area (Å²) in [5.41, 5.74) is 0.149.